The quantitative estimate of drug-likeness (QED) is 0.806. The zero-order chi connectivity index (χ0) is 13.2. The van der Waals surface area contributed by atoms with Crippen molar-refractivity contribution in [3.63, 3.8) is 0 Å². The van der Waals surface area contributed by atoms with Crippen molar-refractivity contribution in [3.05, 3.63) is 28.8 Å². The molecule has 0 bridgehead atoms. The molecule has 0 spiro atoms. The lowest BCUT2D eigenvalue weighted by Crippen LogP contribution is -2.19. The van der Waals surface area contributed by atoms with Gasteiger partial charge in [0.25, 0.3) is 0 Å². The standard InChI is InChI=1S/C13H16ClNO3/c1-18-12(17)9-2-3-10(14)11(6-9)15-7-13(8-16)4-5-13/h2-3,6,15-16H,4-5,7-8H2,1H3. The molecule has 0 aromatic heterocycles. The molecule has 2 rings (SSSR count). The van der Waals surface area contributed by atoms with Gasteiger partial charge in [-0.2, -0.15) is 0 Å². The van der Waals surface area contributed by atoms with Crippen molar-refractivity contribution in [2.75, 3.05) is 25.6 Å². The first-order valence-electron chi connectivity index (χ1n) is 5.83. The van der Waals surface area contributed by atoms with Gasteiger partial charge >= 0.3 is 5.97 Å². The van der Waals surface area contributed by atoms with Crippen LogP contribution in [0.25, 0.3) is 0 Å². The summed E-state index contributed by atoms with van der Waals surface area (Å²) in [6, 6.07) is 4.95. The Balaban J connectivity index is 2.09. The minimum absolute atomic E-state index is 0.00933. The van der Waals surface area contributed by atoms with Crippen LogP contribution in [0.2, 0.25) is 5.02 Å². The van der Waals surface area contributed by atoms with Crippen molar-refractivity contribution < 1.29 is 14.6 Å². The molecule has 1 aliphatic carbocycles. The minimum atomic E-state index is -0.391. The van der Waals surface area contributed by atoms with E-state index in [-0.39, 0.29) is 12.0 Å². The first kappa shape index (κ1) is 13.2. The Hall–Kier alpha value is -1.26. The normalized spacial score (nSPS) is 16.2. The SMILES string of the molecule is COC(=O)c1ccc(Cl)c(NCC2(CO)CC2)c1. The molecule has 0 saturated heterocycles. The summed E-state index contributed by atoms with van der Waals surface area (Å²) >= 11 is 6.06. The van der Waals surface area contributed by atoms with Crippen LogP contribution in [0.4, 0.5) is 5.69 Å². The summed E-state index contributed by atoms with van der Waals surface area (Å²) in [6.45, 7) is 0.835. The van der Waals surface area contributed by atoms with Gasteiger partial charge in [0.2, 0.25) is 0 Å². The van der Waals surface area contributed by atoms with E-state index >= 15 is 0 Å². The molecule has 18 heavy (non-hydrogen) atoms. The Morgan fingerprint density at radius 2 is 2.28 bits per heavy atom. The number of halogens is 1. The third-order valence-corrected chi connectivity index (χ3v) is 3.66. The number of hydrogen-bond donors (Lipinski definition) is 2. The van der Waals surface area contributed by atoms with Gasteiger partial charge in [-0.3, -0.25) is 0 Å². The van der Waals surface area contributed by atoms with Crippen molar-refractivity contribution in [2.45, 2.75) is 12.8 Å². The van der Waals surface area contributed by atoms with Crippen molar-refractivity contribution >= 4 is 23.3 Å². The molecule has 98 valence electrons. The van der Waals surface area contributed by atoms with E-state index in [9.17, 15) is 9.90 Å². The molecule has 0 unspecified atom stereocenters. The van der Waals surface area contributed by atoms with Gasteiger partial charge in [-0.15, -0.1) is 0 Å². The maximum atomic E-state index is 11.4. The Labute approximate surface area is 111 Å². The molecule has 0 radical (unpaired) electrons. The van der Waals surface area contributed by atoms with Gasteiger partial charge in [0.05, 0.1) is 30.0 Å². The van der Waals surface area contributed by atoms with Crippen LogP contribution in [0.15, 0.2) is 18.2 Å². The minimum Gasteiger partial charge on any atom is -0.465 e. The average Bonchev–Trinajstić information content (AvgIpc) is 3.17. The van der Waals surface area contributed by atoms with E-state index in [1.807, 2.05) is 0 Å². The number of ether oxygens (including phenoxy) is 1. The third-order valence-electron chi connectivity index (χ3n) is 3.33. The lowest BCUT2D eigenvalue weighted by Gasteiger charge is -2.15. The van der Waals surface area contributed by atoms with E-state index in [1.54, 1.807) is 18.2 Å². The van der Waals surface area contributed by atoms with Crippen LogP contribution in [0.3, 0.4) is 0 Å². The average molecular weight is 270 g/mol. The second-order valence-electron chi connectivity index (χ2n) is 4.70. The van der Waals surface area contributed by atoms with Gasteiger partial charge in [0, 0.05) is 12.0 Å². The highest BCUT2D eigenvalue weighted by Gasteiger charge is 2.41. The molecular formula is C13H16ClNO3. The van der Waals surface area contributed by atoms with E-state index in [1.165, 1.54) is 7.11 Å². The summed E-state index contributed by atoms with van der Waals surface area (Å²) in [5, 5.41) is 13.0. The summed E-state index contributed by atoms with van der Waals surface area (Å²) in [4.78, 5) is 11.4. The monoisotopic (exact) mass is 269 g/mol. The first-order valence-corrected chi connectivity index (χ1v) is 6.21. The van der Waals surface area contributed by atoms with E-state index in [0.717, 1.165) is 12.8 Å². The van der Waals surface area contributed by atoms with Crippen LogP contribution < -0.4 is 5.32 Å². The zero-order valence-corrected chi connectivity index (χ0v) is 11.0. The second kappa shape index (κ2) is 5.16. The van der Waals surface area contributed by atoms with Crippen LogP contribution in [0, 0.1) is 5.41 Å². The Morgan fingerprint density at radius 3 is 2.83 bits per heavy atom. The van der Waals surface area contributed by atoms with Gasteiger partial charge in [-0.1, -0.05) is 11.6 Å². The van der Waals surface area contributed by atoms with Crippen molar-refractivity contribution in [1.29, 1.82) is 0 Å². The van der Waals surface area contributed by atoms with Crippen LogP contribution >= 0.6 is 11.6 Å². The zero-order valence-electron chi connectivity index (χ0n) is 10.2. The highest BCUT2D eigenvalue weighted by molar-refractivity contribution is 6.33. The Kier molecular flexibility index (Phi) is 3.78. The van der Waals surface area contributed by atoms with Crippen molar-refractivity contribution in [3.8, 4) is 0 Å². The highest BCUT2D eigenvalue weighted by atomic mass is 35.5. The molecule has 5 heteroatoms. The number of carbonyl (C=O) groups is 1. The summed E-state index contributed by atoms with van der Waals surface area (Å²) in [5.74, 6) is -0.391. The van der Waals surface area contributed by atoms with Gasteiger partial charge < -0.3 is 15.2 Å². The number of carbonyl (C=O) groups excluding carboxylic acids is 1. The maximum absolute atomic E-state index is 11.4. The smallest absolute Gasteiger partial charge is 0.337 e. The van der Waals surface area contributed by atoms with Crippen LogP contribution in [-0.2, 0) is 4.74 Å². The van der Waals surface area contributed by atoms with E-state index < -0.39 is 5.97 Å². The molecular weight excluding hydrogens is 254 g/mol. The fourth-order valence-corrected chi connectivity index (χ4v) is 1.94. The molecule has 4 nitrogen and oxygen atoms in total. The van der Waals surface area contributed by atoms with Crippen LogP contribution in [-0.4, -0.2) is 31.3 Å². The molecule has 1 aromatic rings. The molecule has 0 atom stereocenters. The lowest BCUT2D eigenvalue weighted by molar-refractivity contribution is 0.0601. The summed E-state index contributed by atoms with van der Waals surface area (Å²) in [5.41, 5.74) is 1.14. The van der Waals surface area contributed by atoms with Gasteiger partial charge in [-0.25, -0.2) is 4.79 Å². The Bertz CT molecular complexity index is 458. The predicted octanol–water partition coefficient (Wildman–Crippen LogP) is 2.31. The molecule has 1 fully saturated rings. The van der Waals surface area contributed by atoms with Crippen molar-refractivity contribution in [1.82, 2.24) is 0 Å². The number of hydrogen-bond acceptors (Lipinski definition) is 4. The molecule has 0 heterocycles. The number of esters is 1. The third kappa shape index (κ3) is 2.76. The second-order valence-corrected chi connectivity index (χ2v) is 5.11. The number of aliphatic hydroxyl groups is 1. The summed E-state index contributed by atoms with van der Waals surface area (Å²) in [7, 11) is 1.34. The first-order chi connectivity index (χ1) is 8.60. The molecule has 1 aromatic carbocycles. The number of rotatable bonds is 5. The number of anilines is 1. The maximum Gasteiger partial charge on any atom is 0.337 e. The van der Waals surface area contributed by atoms with E-state index in [4.69, 9.17) is 11.6 Å². The predicted molar refractivity (Wildman–Crippen MR) is 70.0 cm³/mol. The number of benzene rings is 1. The fraction of sp³-hybridized carbons (Fsp3) is 0.462. The number of aliphatic hydroxyl groups excluding tert-OH is 1. The van der Waals surface area contributed by atoms with E-state index in [0.29, 0.717) is 22.8 Å². The van der Waals surface area contributed by atoms with Crippen LogP contribution in [0.1, 0.15) is 23.2 Å². The largest absolute Gasteiger partial charge is 0.465 e. The number of nitrogens with one attached hydrogen (secondary N) is 1. The van der Waals surface area contributed by atoms with Gasteiger partial charge in [-0.05, 0) is 31.0 Å². The molecule has 0 aliphatic heterocycles. The summed E-state index contributed by atoms with van der Waals surface area (Å²) in [6.07, 6.45) is 2.04. The van der Waals surface area contributed by atoms with Crippen LogP contribution in [0.5, 0.6) is 0 Å². The van der Waals surface area contributed by atoms with Gasteiger partial charge in [0.15, 0.2) is 0 Å². The molecule has 2 N–H and O–H groups in total. The lowest BCUT2D eigenvalue weighted by atomic mass is 10.1. The molecule has 0 amide bonds. The fourth-order valence-electron chi connectivity index (χ4n) is 1.76. The molecule has 1 saturated carbocycles. The van der Waals surface area contributed by atoms with Crippen molar-refractivity contribution in [2.24, 2.45) is 5.41 Å². The van der Waals surface area contributed by atoms with E-state index in [2.05, 4.69) is 10.1 Å². The van der Waals surface area contributed by atoms with Gasteiger partial charge in [0.1, 0.15) is 0 Å². The number of methoxy groups -OCH3 is 1. The highest BCUT2D eigenvalue weighted by Crippen LogP contribution is 2.45. The summed E-state index contributed by atoms with van der Waals surface area (Å²) < 4.78 is 4.66. The topological polar surface area (TPSA) is 58.6 Å². The Morgan fingerprint density at radius 1 is 1.56 bits per heavy atom. The molecule has 1 aliphatic rings.